The molecule has 2 atom stereocenters. The van der Waals surface area contributed by atoms with Crippen LogP contribution in [0.2, 0.25) is 0 Å². The van der Waals surface area contributed by atoms with E-state index >= 15 is 0 Å². The van der Waals surface area contributed by atoms with E-state index in [1.54, 1.807) is 43.3 Å². The smallest absolute Gasteiger partial charge is 0.261 e. The van der Waals surface area contributed by atoms with Gasteiger partial charge in [-0.05, 0) is 36.8 Å². The first-order valence-corrected chi connectivity index (χ1v) is 10.4. The van der Waals surface area contributed by atoms with Crippen molar-refractivity contribution in [2.75, 3.05) is 17.1 Å². The van der Waals surface area contributed by atoms with Crippen molar-refractivity contribution in [2.45, 2.75) is 25.5 Å². The van der Waals surface area contributed by atoms with E-state index in [1.807, 2.05) is 0 Å². The second-order valence-electron chi connectivity index (χ2n) is 6.48. The van der Waals surface area contributed by atoms with Crippen molar-refractivity contribution in [3.8, 4) is 5.75 Å². The number of fused-ring (bicyclic) bond motifs is 1. The third-order valence-electron chi connectivity index (χ3n) is 4.42. The highest BCUT2D eigenvalue weighted by Gasteiger charge is 2.31. The van der Waals surface area contributed by atoms with E-state index in [0.29, 0.717) is 11.4 Å². The molecule has 6 nitrogen and oxygen atoms in total. The summed E-state index contributed by atoms with van der Waals surface area (Å²) in [6.45, 7) is 1.93. The summed E-state index contributed by atoms with van der Waals surface area (Å²) in [7, 11) is -3.50. The largest absolute Gasteiger partial charge is 0.478 e. The summed E-state index contributed by atoms with van der Waals surface area (Å²) < 4.78 is 44.3. The number of hydrogen-bond donors (Lipinski definition) is 1. The molecule has 1 aliphatic heterocycles. The Hall–Kier alpha value is -2.61. The lowest BCUT2D eigenvalue weighted by Crippen LogP contribution is -2.40. The number of carbonyl (C=O) groups is 1. The first-order valence-electron chi connectivity index (χ1n) is 8.55. The fraction of sp³-hybridized carbons (Fsp3) is 0.316. The molecule has 0 fully saturated rings. The van der Waals surface area contributed by atoms with Gasteiger partial charge in [0.15, 0.2) is 6.10 Å². The van der Waals surface area contributed by atoms with Crippen LogP contribution in [-0.4, -0.2) is 33.2 Å². The summed E-state index contributed by atoms with van der Waals surface area (Å²) in [6, 6.07) is 12.3. The number of amides is 1. The summed E-state index contributed by atoms with van der Waals surface area (Å²) in [5.41, 5.74) is 1.18. The highest BCUT2D eigenvalue weighted by atomic mass is 32.2. The maximum atomic E-state index is 13.1. The summed E-state index contributed by atoms with van der Waals surface area (Å²) in [5, 5.41) is 2.84. The lowest BCUT2D eigenvalue weighted by Gasteiger charge is -2.20. The first kappa shape index (κ1) is 19.2. The van der Waals surface area contributed by atoms with Crippen LogP contribution in [0.1, 0.15) is 24.9 Å². The molecule has 0 aromatic heterocycles. The van der Waals surface area contributed by atoms with Crippen LogP contribution in [0.15, 0.2) is 48.5 Å². The van der Waals surface area contributed by atoms with Crippen LogP contribution >= 0.6 is 0 Å². The number of nitrogens with zero attached hydrogens (tertiary/aromatic N) is 1. The Balaban J connectivity index is 1.78. The molecular weight excluding hydrogens is 371 g/mol. The van der Waals surface area contributed by atoms with Crippen LogP contribution < -0.4 is 14.4 Å². The second-order valence-corrected chi connectivity index (χ2v) is 8.39. The van der Waals surface area contributed by atoms with E-state index in [4.69, 9.17) is 4.74 Å². The fourth-order valence-electron chi connectivity index (χ4n) is 3.00. The molecule has 0 spiro atoms. The highest BCUT2D eigenvalue weighted by Crippen LogP contribution is 2.33. The minimum absolute atomic E-state index is 0.138. The summed E-state index contributed by atoms with van der Waals surface area (Å²) in [6.07, 6.45) is 0.505. The molecule has 0 saturated heterocycles. The second kappa shape index (κ2) is 7.56. The van der Waals surface area contributed by atoms with Crippen LogP contribution in [-0.2, 0) is 14.8 Å². The minimum atomic E-state index is -3.50. The van der Waals surface area contributed by atoms with Crippen molar-refractivity contribution in [2.24, 2.45) is 0 Å². The van der Waals surface area contributed by atoms with Gasteiger partial charge in [-0.25, -0.2) is 12.8 Å². The summed E-state index contributed by atoms with van der Waals surface area (Å²) >= 11 is 0. The topological polar surface area (TPSA) is 75.7 Å². The van der Waals surface area contributed by atoms with Gasteiger partial charge in [0.05, 0.1) is 18.0 Å². The average molecular weight is 392 g/mol. The monoisotopic (exact) mass is 392 g/mol. The van der Waals surface area contributed by atoms with Gasteiger partial charge in [-0.15, -0.1) is 0 Å². The molecule has 8 heteroatoms. The third kappa shape index (κ3) is 4.39. The highest BCUT2D eigenvalue weighted by molar-refractivity contribution is 7.92. The molecule has 2 aromatic rings. The van der Waals surface area contributed by atoms with Crippen LogP contribution in [0.5, 0.6) is 5.75 Å². The number of sulfonamides is 1. The van der Waals surface area contributed by atoms with E-state index in [2.05, 4.69) is 5.32 Å². The van der Waals surface area contributed by atoms with E-state index in [9.17, 15) is 17.6 Å². The summed E-state index contributed by atoms with van der Waals surface area (Å²) in [5.74, 6) is -0.353. The molecule has 0 bridgehead atoms. The lowest BCUT2D eigenvalue weighted by molar-refractivity contribution is -0.128. The van der Waals surface area contributed by atoms with Crippen molar-refractivity contribution in [1.82, 2.24) is 5.32 Å². The molecule has 27 heavy (non-hydrogen) atoms. The van der Waals surface area contributed by atoms with Gasteiger partial charge in [0.2, 0.25) is 10.0 Å². The predicted octanol–water partition coefficient (Wildman–Crippen LogP) is 2.62. The van der Waals surface area contributed by atoms with E-state index in [-0.39, 0.29) is 30.7 Å². The van der Waals surface area contributed by atoms with Gasteiger partial charge in [-0.2, -0.15) is 0 Å². The van der Waals surface area contributed by atoms with Gasteiger partial charge in [-0.1, -0.05) is 24.3 Å². The average Bonchev–Trinajstić information content (AvgIpc) is 2.81. The molecule has 1 N–H and O–H groups in total. The Labute approximate surface area is 158 Å². The molecule has 0 saturated carbocycles. The maximum absolute atomic E-state index is 13.1. The fourth-order valence-corrected chi connectivity index (χ4v) is 3.95. The van der Waals surface area contributed by atoms with Gasteiger partial charge in [-0.3, -0.25) is 9.10 Å². The number of anilines is 1. The minimum Gasteiger partial charge on any atom is -0.478 e. The van der Waals surface area contributed by atoms with Gasteiger partial charge < -0.3 is 10.1 Å². The molecule has 1 amide bonds. The zero-order valence-corrected chi connectivity index (χ0v) is 15.9. The summed E-state index contributed by atoms with van der Waals surface area (Å²) in [4.78, 5) is 12.7. The van der Waals surface area contributed by atoms with Crippen molar-refractivity contribution in [1.29, 1.82) is 0 Å². The zero-order chi connectivity index (χ0) is 19.6. The lowest BCUT2D eigenvalue weighted by atomic mass is 10.1. The van der Waals surface area contributed by atoms with Crippen LogP contribution in [0.3, 0.4) is 0 Å². The van der Waals surface area contributed by atoms with Gasteiger partial charge in [0.1, 0.15) is 11.6 Å². The van der Waals surface area contributed by atoms with E-state index in [0.717, 1.165) is 11.8 Å². The molecule has 2 aromatic carbocycles. The molecule has 3 rings (SSSR count). The number of nitrogens with one attached hydrogen (secondary N) is 1. The van der Waals surface area contributed by atoms with Gasteiger partial charge in [0, 0.05) is 13.0 Å². The Kier molecular flexibility index (Phi) is 5.36. The van der Waals surface area contributed by atoms with Crippen molar-refractivity contribution in [3.05, 3.63) is 59.9 Å². The zero-order valence-electron chi connectivity index (χ0n) is 15.1. The number of benzene rings is 2. The Morgan fingerprint density at radius 2 is 1.89 bits per heavy atom. The van der Waals surface area contributed by atoms with Crippen molar-refractivity contribution in [3.63, 3.8) is 0 Å². The van der Waals surface area contributed by atoms with Crippen LogP contribution in [0.4, 0.5) is 10.1 Å². The Morgan fingerprint density at radius 1 is 1.22 bits per heavy atom. The quantitative estimate of drug-likeness (QED) is 0.868. The molecule has 0 unspecified atom stereocenters. The van der Waals surface area contributed by atoms with Crippen molar-refractivity contribution >= 4 is 21.6 Å². The van der Waals surface area contributed by atoms with Gasteiger partial charge in [0.25, 0.3) is 5.91 Å². The number of rotatable bonds is 4. The maximum Gasteiger partial charge on any atom is 0.261 e. The number of ether oxygens (including phenoxy) is 1. The predicted molar refractivity (Wildman–Crippen MR) is 101 cm³/mol. The number of carbonyl (C=O) groups excluding carboxylic acids is 1. The SMILES string of the molecule is C[C@@H](NC(=O)[C@H]1CCN(S(C)(=O)=O)c2ccccc2O1)c1ccc(F)cc1. The van der Waals surface area contributed by atoms with E-state index in [1.165, 1.54) is 16.4 Å². The Bertz CT molecular complexity index is 931. The standard InChI is InChI=1S/C19H21FN2O4S/c1-13(14-7-9-15(20)10-8-14)21-19(23)18-11-12-22(27(2,24)25)16-5-3-4-6-17(16)26-18/h3-10,13,18H,11-12H2,1-2H3,(H,21,23)/t13-,18-/m1/s1. The number of halogens is 1. The Morgan fingerprint density at radius 3 is 2.56 bits per heavy atom. The molecule has 0 aliphatic carbocycles. The van der Waals surface area contributed by atoms with E-state index < -0.39 is 16.1 Å². The number of hydrogen-bond acceptors (Lipinski definition) is 4. The van der Waals surface area contributed by atoms with Crippen LogP contribution in [0.25, 0.3) is 0 Å². The number of para-hydroxylation sites is 2. The first-order chi connectivity index (χ1) is 12.8. The molecule has 1 heterocycles. The molecule has 0 radical (unpaired) electrons. The normalized spacial score (nSPS) is 18.0. The molecule has 1 aliphatic rings. The molecule has 144 valence electrons. The van der Waals surface area contributed by atoms with Crippen LogP contribution in [0, 0.1) is 5.82 Å². The molecular formula is C19H21FN2O4S. The third-order valence-corrected chi connectivity index (χ3v) is 5.60. The van der Waals surface area contributed by atoms with Crippen molar-refractivity contribution < 1.29 is 22.3 Å². The van der Waals surface area contributed by atoms with Gasteiger partial charge >= 0.3 is 0 Å².